The van der Waals surface area contributed by atoms with Crippen LogP contribution in [0.25, 0.3) is 0 Å². The second-order valence-corrected chi connectivity index (χ2v) is 2.23. The van der Waals surface area contributed by atoms with Gasteiger partial charge < -0.3 is 10.8 Å². The van der Waals surface area contributed by atoms with Crippen molar-refractivity contribution in [2.45, 2.75) is 0 Å². The molecule has 0 fully saturated rings. The predicted molar refractivity (Wildman–Crippen MR) is 43.2 cm³/mol. The van der Waals surface area contributed by atoms with Crippen molar-refractivity contribution in [1.82, 2.24) is 4.98 Å². The Bertz CT molecular complexity index is 269. The van der Waals surface area contributed by atoms with Crippen molar-refractivity contribution in [3.63, 3.8) is 0 Å². The van der Waals surface area contributed by atoms with Crippen LogP contribution in [0, 0.1) is 6.42 Å². The zero-order chi connectivity index (χ0) is 8.97. The molecule has 0 aliphatic carbocycles. The molecule has 0 spiro atoms. The van der Waals surface area contributed by atoms with E-state index < -0.39 is 5.91 Å². The van der Waals surface area contributed by atoms with Crippen molar-refractivity contribution >= 4 is 5.91 Å². The molecule has 3 N–H and O–H groups in total. The molecule has 1 aromatic heterocycles. The van der Waals surface area contributed by atoms with E-state index >= 15 is 0 Å². The van der Waals surface area contributed by atoms with E-state index in [-0.39, 0.29) is 12.3 Å². The Kier molecular flexibility index (Phi) is 2.76. The number of amides is 1. The molecule has 12 heavy (non-hydrogen) atoms. The summed E-state index contributed by atoms with van der Waals surface area (Å²) < 4.78 is 0. The zero-order valence-corrected chi connectivity index (χ0v) is 6.40. The smallest absolute Gasteiger partial charge is 0.267 e. The first-order valence-electron chi connectivity index (χ1n) is 3.44. The number of aliphatic hydroxyl groups is 1. The molecular weight excluding hydrogens is 156 g/mol. The Balaban J connectivity index is 2.78. The van der Waals surface area contributed by atoms with E-state index in [0.29, 0.717) is 0 Å². The largest absolute Gasteiger partial charge is 0.396 e. The Morgan fingerprint density at radius 2 is 2.42 bits per heavy atom. The van der Waals surface area contributed by atoms with E-state index in [2.05, 4.69) is 4.98 Å². The van der Waals surface area contributed by atoms with E-state index in [4.69, 9.17) is 10.8 Å². The molecule has 0 unspecified atom stereocenters. The molecule has 1 aromatic rings. The number of nitrogens with zero attached hydrogens (tertiary/aromatic N) is 1. The molecule has 4 heteroatoms. The van der Waals surface area contributed by atoms with Gasteiger partial charge in [0, 0.05) is 12.6 Å². The number of rotatable bonds is 3. The van der Waals surface area contributed by atoms with Gasteiger partial charge in [-0.15, -0.1) is 0 Å². The van der Waals surface area contributed by atoms with Gasteiger partial charge in [-0.3, -0.25) is 9.78 Å². The molecule has 1 radical (unpaired) electrons. The standard InChI is InChI=1S/C8H9N2O2/c9-8(12)7-2-1-6(3-4-11)5-10-7/h1-3,5,11H,4H2,(H2,9,12). The maximum atomic E-state index is 10.6. The fourth-order valence-corrected chi connectivity index (χ4v) is 0.777. The minimum atomic E-state index is -0.550. The number of hydrogen-bond donors (Lipinski definition) is 2. The zero-order valence-electron chi connectivity index (χ0n) is 6.40. The van der Waals surface area contributed by atoms with Crippen molar-refractivity contribution in [1.29, 1.82) is 0 Å². The van der Waals surface area contributed by atoms with Gasteiger partial charge in [0.2, 0.25) is 0 Å². The van der Waals surface area contributed by atoms with Crippen molar-refractivity contribution in [3.8, 4) is 0 Å². The van der Waals surface area contributed by atoms with Crippen LogP contribution in [0.1, 0.15) is 16.1 Å². The van der Waals surface area contributed by atoms with Gasteiger partial charge in [0.1, 0.15) is 5.69 Å². The lowest BCUT2D eigenvalue weighted by atomic mass is 10.2. The summed E-state index contributed by atoms with van der Waals surface area (Å²) in [4.78, 5) is 14.4. The first kappa shape index (κ1) is 8.67. The summed E-state index contributed by atoms with van der Waals surface area (Å²) >= 11 is 0. The Morgan fingerprint density at radius 3 is 2.83 bits per heavy atom. The monoisotopic (exact) mass is 165 g/mol. The number of carbonyl (C=O) groups excluding carboxylic acids is 1. The van der Waals surface area contributed by atoms with Crippen LogP contribution < -0.4 is 5.73 Å². The van der Waals surface area contributed by atoms with Crippen LogP contribution in [0.3, 0.4) is 0 Å². The van der Waals surface area contributed by atoms with Gasteiger partial charge in [-0.25, -0.2) is 0 Å². The van der Waals surface area contributed by atoms with E-state index in [1.54, 1.807) is 12.5 Å². The topological polar surface area (TPSA) is 76.2 Å². The van der Waals surface area contributed by atoms with Crippen molar-refractivity contribution in [2.24, 2.45) is 5.73 Å². The Hall–Kier alpha value is -1.42. The third-order valence-electron chi connectivity index (χ3n) is 1.37. The first-order valence-corrected chi connectivity index (χ1v) is 3.44. The third-order valence-corrected chi connectivity index (χ3v) is 1.37. The van der Waals surface area contributed by atoms with Gasteiger partial charge >= 0.3 is 0 Å². The van der Waals surface area contributed by atoms with Crippen molar-refractivity contribution in [2.75, 3.05) is 6.61 Å². The fraction of sp³-hybridized carbons (Fsp3) is 0.125. The van der Waals surface area contributed by atoms with E-state index in [9.17, 15) is 4.79 Å². The van der Waals surface area contributed by atoms with E-state index in [0.717, 1.165) is 5.56 Å². The molecular formula is C8H9N2O2. The molecule has 0 aliphatic heterocycles. The number of pyridine rings is 1. The van der Waals surface area contributed by atoms with Crippen LogP contribution in [-0.2, 0) is 0 Å². The van der Waals surface area contributed by atoms with Crippen LogP contribution in [-0.4, -0.2) is 22.6 Å². The average molecular weight is 165 g/mol. The van der Waals surface area contributed by atoms with Gasteiger partial charge in [0.25, 0.3) is 5.91 Å². The summed E-state index contributed by atoms with van der Waals surface area (Å²) in [6.45, 7) is -0.0440. The second-order valence-electron chi connectivity index (χ2n) is 2.23. The van der Waals surface area contributed by atoms with Gasteiger partial charge in [0.05, 0.1) is 6.61 Å². The molecule has 0 aromatic carbocycles. The highest BCUT2D eigenvalue weighted by atomic mass is 16.2. The fourth-order valence-electron chi connectivity index (χ4n) is 0.777. The van der Waals surface area contributed by atoms with Crippen molar-refractivity contribution < 1.29 is 9.90 Å². The summed E-state index contributed by atoms with van der Waals surface area (Å²) in [5.74, 6) is -0.550. The number of aliphatic hydroxyl groups excluding tert-OH is 1. The minimum Gasteiger partial charge on any atom is -0.396 e. The van der Waals surface area contributed by atoms with E-state index in [1.165, 1.54) is 12.3 Å². The normalized spacial score (nSPS) is 9.75. The van der Waals surface area contributed by atoms with Crippen LogP contribution in [0.5, 0.6) is 0 Å². The van der Waals surface area contributed by atoms with Crippen LogP contribution in [0.4, 0.5) is 0 Å². The molecule has 1 rings (SSSR count). The SMILES string of the molecule is NC(=O)c1ccc([CH]CO)cn1. The highest BCUT2D eigenvalue weighted by molar-refractivity contribution is 5.90. The van der Waals surface area contributed by atoms with Crippen LogP contribution >= 0.6 is 0 Å². The highest BCUT2D eigenvalue weighted by Gasteiger charge is 2.00. The summed E-state index contributed by atoms with van der Waals surface area (Å²) in [7, 11) is 0. The third kappa shape index (κ3) is 2.03. The summed E-state index contributed by atoms with van der Waals surface area (Å²) in [5.41, 5.74) is 5.97. The molecule has 4 nitrogen and oxygen atoms in total. The van der Waals surface area contributed by atoms with Gasteiger partial charge in [-0.2, -0.15) is 0 Å². The lowest BCUT2D eigenvalue weighted by molar-refractivity contribution is 0.0995. The molecule has 63 valence electrons. The summed E-state index contributed by atoms with van der Waals surface area (Å²) in [5, 5.41) is 8.52. The molecule has 0 saturated carbocycles. The number of aromatic nitrogens is 1. The summed E-state index contributed by atoms with van der Waals surface area (Å²) in [6.07, 6.45) is 3.06. The lowest BCUT2D eigenvalue weighted by Gasteiger charge is -1.97. The molecule has 1 amide bonds. The van der Waals surface area contributed by atoms with Crippen molar-refractivity contribution in [3.05, 3.63) is 36.0 Å². The second kappa shape index (κ2) is 3.82. The van der Waals surface area contributed by atoms with Gasteiger partial charge in [0.15, 0.2) is 0 Å². The number of hydrogen-bond acceptors (Lipinski definition) is 3. The molecule has 0 aliphatic rings. The summed E-state index contributed by atoms with van der Waals surface area (Å²) in [6, 6.07) is 3.19. The molecule has 1 heterocycles. The minimum absolute atomic E-state index is 0.0440. The maximum absolute atomic E-state index is 10.6. The number of primary amides is 1. The average Bonchev–Trinajstić information content (AvgIpc) is 2.06. The van der Waals surface area contributed by atoms with E-state index in [1.807, 2.05) is 0 Å². The maximum Gasteiger partial charge on any atom is 0.267 e. The predicted octanol–water partition coefficient (Wildman–Crippen LogP) is -0.275. The molecule has 0 bridgehead atoms. The Labute approximate surface area is 70.0 Å². The quantitative estimate of drug-likeness (QED) is 0.647. The van der Waals surface area contributed by atoms with Gasteiger partial charge in [-0.05, 0) is 11.6 Å². The van der Waals surface area contributed by atoms with Crippen LogP contribution in [0.2, 0.25) is 0 Å². The Morgan fingerprint density at radius 1 is 1.67 bits per heavy atom. The lowest BCUT2D eigenvalue weighted by Crippen LogP contribution is -2.12. The molecule has 0 atom stereocenters. The number of nitrogens with two attached hydrogens (primary N) is 1. The highest BCUT2D eigenvalue weighted by Crippen LogP contribution is 2.01. The van der Waals surface area contributed by atoms with Crippen LogP contribution in [0.15, 0.2) is 18.3 Å². The molecule has 0 saturated heterocycles. The number of carbonyl (C=O) groups is 1. The first-order chi connectivity index (χ1) is 5.74. The van der Waals surface area contributed by atoms with Gasteiger partial charge in [-0.1, -0.05) is 6.07 Å².